The Balaban J connectivity index is 0.000000472. The van der Waals surface area contributed by atoms with Crippen molar-refractivity contribution in [1.82, 2.24) is 4.90 Å². The lowest BCUT2D eigenvalue weighted by Gasteiger charge is -2.19. The minimum absolute atomic E-state index is 0.263. The van der Waals surface area contributed by atoms with Crippen LogP contribution in [0.4, 0.5) is 9.18 Å². The van der Waals surface area contributed by atoms with Crippen LogP contribution in [0.15, 0.2) is 36.3 Å². The molecule has 1 rings (SSSR count). The van der Waals surface area contributed by atoms with E-state index in [1.165, 1.54) is 0 Å². The van der Waals surface area contributed by atoms with Crippen LogP contribution in [0.25, 0.3) is 0 Å². The standard InChI is InChI=1S/C11H13FN2.C5H11NO2/c1-9(12)7-11(8-13)10(2)14-5-3-4-6-14;1-5(2,3)8-4(6)7/h7H,1-6H2;1-3H3,(H2,6,7)/b11-7-;. The molecule has 122 valence electrons. The van der Waals surface area contributed by atoms with Gasteiger partial charge in [-0.1, -0.05) is 13.2 Å². The van der Waals surface area contributed by atoms with Gasteiger partial charge in [0, 0.05) is 18.8 Å². The summed E-state index contributed by atoms with van der Waals surface area (Å²) in [6, 6.07) is 1.93. The van der Waals surface area contributed by atoms with E-state index < -0.39 is 17.5 Å². The van der Waals surface area contributed by atoms with Gasteiger partial charge in [-0.25, -0.2) is 9.18 Å². The van der Waals surface area contributed by atoms with E-state index in [-0.39, 0.29) is 5.57 Å². The highest BCUT2D eigenvalue weighted by atomic mass is 19.1. The molecule has 6 heteroatoms. The predicted molar refractivity (Wildman–Crippen MR) is 84.3 cm³/mol. The van der Waals surface area contributed by atoms with Crippen molar-refractivity contribution in [1.29, 1.82) is 5.26 Å². The second kappa shape index (κ2) is 8.88. The van der Waals surface area contributed by atoms with Crippen LogP contribution in [0.3, 0.4) is 0 Å². The third-order valence-electron chi connectivity index (χ3n) is 2.63. The van der Waals surface area contributed by atoms with E-state index >= 15 is 0 Å². The zero-order valence-electron chi connectivity index (χ0n) is 13.5. The first kappa shape index (κ1) is 19.7. The number of amides is 1. The van der Waals surface area contributed by atoms with Gasteiger partial charge in [0.1, 0.15) is 17.5 Å². The average molecular weight is 309 g/mol. The Bertz CT molecular complexity index is 493. The van der Waals surface area contributed by atoms with Gasteiger partial charge >= 0.3 is 6.09 Å². The maximum absolute atomic E-state index is 12.5. The topological polar surface area (TPSA) is 79.3 Å². The van der Waals surface area contributed by atoms with E-state index in [2.05, 4.69) is 17.9 Å². The van der Waals surface area contributed by atoms with Gasteiger partial charge in [0.25, 0.3) is 0 Å². The van der Waals surface area contributed by atoms with Gasteiger partial charge < -0.3 is 15.4 Å². The summed E-state index contributed by atoms with van der Waals surface area (Å²) in [5.74, 6) is -0.609. The number of halogens is 1. The number of rotatable bonds is 3. The number of carbonyl (C=O) groups is 1. The van der Waals surface area contributed by atoms with E-state index in [0.717, 1.165) is 32.0 Å². The molecule has 0 saturated carbocycles. The summed E-state index contributed by atoms with van der Waals surface area (Å²) in [5, 5.41) is 8.79. The number of hydrogen-bond acceptors (Lipinski definition) is 4. The van der Waals surface area contributed by atoms with Crippen molar-refractivity contribution in [2.45, 2.75) is 39.2 Å². The number of primary amides is 1. The largest absolute Gasteiger partial charge is 0.444 e. The molecule has 0 aromatic rings. The van der Waals surface area contributed by atoms with Crippen LogP contribution in [0.2, 0.25) is 0 Å². The number of allylic oxidation sites excluding steroid dienone is 3. The fourth-order valence-corrected chi connectivity index (χ4v) is 1.80. The van der Waals surface area contributed by atoms with E-state index in [0.29, 0.717) is 5.70 Å². The number of nitrogens with zero attached hydrogens (tertiary/aromatic N) is 2. The van der Waals surface area contributed by atoms with Gasteiger partial charge in [0.05, 0.1) is 5.57 Å². The van der Waals surface area contributed by atoms with Gasteiger partial charge in [0.15, 0.2) is 0 Å². The molecule has 0 atom stereocenters. The lowest BCUT2D eigenvalue weighted by atomic mass is 10.2. The number of hydrogen-bond donors (Lipinski definition) is 1. The van der Waals surface area contributed by atoms with Crippen molar-refractivity contribution in [2.75, 3.05) is 13.1 Å². The molecule has 0 spiro atoms. The molecule has 2 N–H and O–H groups in total. The molecule has 1 amide bonds. The predicted octanol–water partition coefficient (Wildman–Crippen LogP) is 3.41. The second-order valence-corrected chi connectivity index (χ2v) is 5.79. The number of nitriles is 1. The Labute approximate surface area is 131 Å². The van der Waals surface area contributed by atoms with Crippen molar-refractivity contribution in [3.8, 4) is 6.07 Å². The summed E-state index contributed by atoms with van der Waals surface area (Å²) in [7, 11) is 0. The highest BCUT2D eigenvalue weighted by molar-refractivity contribution is 5.65. The van der Waals surface area contributed by atoms with E-state index in [4.69, 9.17) is 11.0 Å². The first-order chi connectivity index (χ1) is 10.1. The van der Waals surface area contributed by atoms with E-state index in [9.17, 15) is 9.18 Å². The summed E-state index contributed by atoms with van der Waals surface area (Å²) in [6.07, 6.45) is 2.61. The molecule has 0 aromatic carbocycles. The lowest BCUT2D eigenvalue weighted by molar-refractivity contribution is 0.0600. The second-order valence-electron chi connectivity index (χ2n) is 5.79. The van der Waals surface area contributed by atoms with Crippen molar-refractivity contribution >= 4 is 6.09 Å². The summed E-state index contributed by atoms with van der Waals surface area (Å²) in [6.45, 7) is 14.0. The van der Waals surface area contributed by atoms with E-state index in [1.54, 1.807) is 20.8 Å². The summed E-state index contributed by atoms with van der Waals surface area (Å²) < 4.78 is 17.1. The molecule has 0 aliphatic carbocycles. The van der Waals surface area contributed by atoms with Crippen LogP contribution in [0.5, 0.6) is 0 Å². The highest BCUT2D eigenvalue weighted by Crippen LogP contribution is 2.20. The third-order valence-corrected chi connectivity index (χ3v) is 2.63. The Kier molecular flexibility index (Phi) is 7.95. The number of likely N-dealkylation sites (tertiary alicyclic amines) is 1. The maximum Gasteiger partial charge on any atom is 0.405 e. The van der Waals surface area contributed by atoms with Gasteiger partial charge in [-0.3, -0.25) is 0 Å². The zero-order valence-corrected chi connectivity index (χ0v) is 13.5. The molecule has 0 radical (unpaired) electrons. The minimum atomic E-state index is -0.725. The molecule has 5 nitrogen and oxygen atoms in total. The first-order valence-electron chi connectivity index (χ1n) is 6.95. The molecule has 1 heterocycles. The lowest BCUT2D eigenvalue weighted by Crippen LogP contribution is -2.27. The Morgan fingerprint density at radius 3 is 2.14 bits per heavy atom. The molecule has 1 fully saturated rings. The quantitative estimate of drug-likeness (QED) is 0.640. The Morgan fingerprint density at radius 2 is 1.86 bits per heavy atom. The Hall–Kier alpha value is -2.29. The smallest absolute Gasteiger partial charge is 0.405 e. The van der Waals surface area contributed by atoms with Crippen LogP contribution in [-0.2, 0) is 4.74 Å². The zero-order chi connectivity index (χ0) is 17.3. The minimum Gasteiger partial charge on any atom is -0.444 e. The van der Waals surface area contributed by atoms with Crippen molar-refractivity contribution in [2.24, 2.45) is 5.73 Å². The molecule has 0 unspecified atom stereocenters. The summed E-state index contributed by atoms with van der Waals surface area (Å²) >= 11 is 0. The molecule has 0 aromatic heterocycles. The van der Waals surface area contributed by atoms with Gasteiger partial charge in [0.2, 0.25) is 0 Å². The fraction of sp³-hybridized carbons (Fsp3) is 0.500. The fourth-order valence-electron chi connectivity index (χ4n) is 1.80. The molecule has 1 aliphatic rings. The number of carbonyl (C=O) groups excluding carboxylic acids is 1. The van der Waals surface area contributed by atoms with Crippen LogP contribution >= 0.6 is 0 Å². The molecular formula is C16H24FN3O2. The van der Waals surface area contributed by atoms with Gasteiger partial charge in [-0.05, 0) is 39.7 Å². The van der Waals surface area contributed by atoms with Crippen LogP contribution in [0.1, 0.15) is 33.6 Å². The molecule has 1 saturated heterocycles. The normalized spacial score (nSPS) is 14.5. The van der Waals surface area contributed by atoms with Gasteiger partial charge in [-0.15, -0.1) is 0 Å². The van der Waals surface area contributed by atoms with E-state index in [1.807, 2.05) is 11.0 Å². The SMILES string of the molecule is C=C(F)/C=C(/C#N)C(=C)N1CCCC1.CC(C)(C)OC(N)=O. The molecule has 0 bridgehead atoms. The maximum atomic E-state index is 12.5. The van der Waals surface area contributed by atoms with Gasteiger partial charge in [-0.2, -0.15) is 5.26 Å². The molecule has 1 aliphatic heterocycles. The summed E-state index contributed by atoms with van der Waals surface area (Å²) in [5.41, 5.74) is 5.13. The molecular weight excluding hydrogens is 285 g/mol. The van der Waals surface area contributed by atoms with Crippen molar-refractivity contribution in [3.05, 3.63) is 36.3 Å². The number of nitrogens with two attached hydrogens (primary N) is 1. The third kappa shape index (κ3) is 8.80. The summed E-state index contributed by atoms with van der Waals surface area (Å²) in [4.78, 5) is 12.0. The van der Waals surface area contributed by atoms with Crippen molar-refractivity contribution < 1.29 is 13.9 Å². The molecule has 22 heavy (non-hydrogen) atoms. The first-order valence-corrected chi connectivity index (χ1v) is 6.95. The number of ether oxygens (including phenoxy) is 1. The average Bonchev–Trinajstić information content (AvgIpc) is 2.86. The highest BCUT2D eigenvalue weighted by Gasteiger charge is 2.16. The Morgan fingerprint density at radius 1 is 1.36 bits per heavy atom. The van der Waals surface area contributed by atoms with Crippen LogP contribution < -0.4 is 5.73 Å². The monoisotopic (exact) mass is 309 g/mol. The van der Waals surface area contributed by atoms with Crippen LogP contribution in [0, 0.1) is 11.3 Å². The van der Waals surface area contributed by atoms with Crippen LogP contribution in [-0.4, -0.2) is 29.7 Å². The van der Waals surface area contributed by atoms with Crippen molar-refractivity contribution in [3.63, 3.8) is 0 Å².